The molecule has 234 valence electrons. The second-order valence-corrected chi connectivity index (χ2v) is 14.8. The molecule has 0 amide bonds. The van der Waals surface area contributed by atoms with E-state index in [1.807, 2.05) is 12.1 Å². The van der Waals surface area contributed by atoms with Crippen LogP contribution in [0, 0.1) is 5.92 Å². The summed E-state index contributed by atoms with van der Waals surface area (Å²) in [5.74, 6) is 0.804. The second kappa shape index (κ2) is 15.4. The number of likely N-dealkylation sites (N-methyl/N-ethyl adjacent to an activating group) is 1. The molecule has 0 spiro atoms. The molecule has 0 heterocycles. The van der Waals surface area contributed by atoms with E-state index in [1.54, 1.807) is 0 Å². The Hall–Kier alpha value is -0.190. The lowest BCUT2D eigenvalue weighted by atomic mass is 9.56. The van der Waals surface area contributed by atoms with E-state index in [-0.39, 0.29) is 23.4 Å². The molecule has 0 bridgehead atoms. The summed E-state index contributed by atoms with van der Waals surface area (Å²) in [5, 5.41) is 6.37. The molecule has 0 aliphatic heterocycles. The van der Waals surface area contributed by atoms with E-state index in [0.29, 0.717) is 26.1 Å². The lowest BCUT2D eigenvalue weighted by Crippen LogP contribution is -2.55. The van der Waals surface area contributed by atoms with Crippen molar-refractivity contribution in [3.8, 4) is 0 Å². The van der Waals surface area contributed by atoms with Gasteiger partial charge in [-0.15, -0.1) is 12.4 Å². The van der Waals surface area contributed by atoms with Crippen LogP contribution in [-0.4, -0.2) is 31.1 Å². The first kappa shape index (κ1) is 34.7. The highest BCUT2D eigenvalue weighted by molar-refractivity contribution is 6.42. The Kier molecular flexibility index (Phi) is 12.7. The normalized spacial score (nSPS) is 22.6. The lowest BCUT2D eigenvalue weighted by Gasteiger charge is -2.53. The molecule has 1 unspecified atom stereocenters. The number of nitrogens with one attached hydrogen (secondary N) is 1. The molecule has 42 heavy (non-hydrogen) atoms. The van der Waals surface area contributed by atoms with E-state index in [0.717, 1.165) is 12.0 Å². The first-order valence-electron chi connectivity index (χ1n) is 16.1. The van der Waals surface area contributed by atoms with Crippen LogP contribution in [0.1, 0.15) is 114 Å². The van der Waals surface area contributed by atoms with Gasteiger partial charge in [0, 0.05) is 23.0 Å². The standard InChI is InChI=1S/C18H25Cl2N.C17H23Cl2N.ClH/c1-21-17(13-6-3-2-4-7-13)18(10-5-11-18)14-8-9-15(19)16(20)12-14;1-20(14-6-3-2-4-7-14)17(10-5-11-17)13-8-9-15(18)16(19)12-13;/h8-9,12-13,17,21H,2-7,10-11H2,1H3;8-9,12,14H,2-7,10-11H2,1H3;1H. The van der Waals surface area contributed by atoms with Crippen molar-refractivity contribution >= 4 is 58.8 Å². The van der Waals surface area contributed by atoms with Crippen molar-refractivity contribution in [1.29, 1.82) is 0 Å². The average Bonchev–Trinajstić information content (AvgIpc) is 2.95. The number of hydrogen-bond acceptors (Lipinski definition) is 2. The zero-order valence-corrected chi connectivity index (χ0v) is 29.2. The number of halogens is 5. The Balaban J connectivity index is 0.000000189. The fourth-order valence-electron chi connectivity index (χ4n) is 8.53. The summed E-state index contributed by atoms with van der Waals surface area (Å²) in [4.78, 5) is 2.65. The molecule has 1 N–H and O–H groups in total. The molecule has 7 heteroatoms. The van der Waals surface area contributed by atoms with Crippen molar-refractivity contribution in [3.63, 3.8) is 0 Å². The van der Waals surface area contributed by atoms with Gasteiger partial charge in [0.25, 0.3) is 0 Å². The van der Waals surface area contributed by atoms with Crippen LogP contribution < -0.4 is 5.32 Å². The topological polar surface area (TPSA) is 15.3 Å². The average molecular weight is 675 g/mol. The maximum absolute atomic E-state index is 6.28. The number of rotatable bonds is 7. The molecule has 4 saturated carbocycles. The quantitative estimate of drug-likeness (QED) is 0.314. The SMILES string of the molecule is CN(C1CCCCC1)C1(c2ccc(Cl)c(Cl)c2)CCC1.CNC(C1CCCCC1)C1(c2ccc(Cl)c(Cl)c2)CCC1.Cl. The Morgan fingerprint density at radius 2 is 1.17 bits per heavy atom. The fourth-order valence-corrected chi connectivity index (χ4v) is 9.13. The summed E-state index contributed by atoms with van der Waals surface area (Å²) < 4.78 is 0. The predicted molar refractivity (Wildman–Crippen MR) is 185 cm³/mol. The summed E-state index contributed by atoms with van der Waals surface area (Å²) in [5.41, 5.74) is 3.21. The van der Waals surface area contributed by atoms with Crippen LogP contribution >= 0.6 is 58.8 Å². The molecule has 6 rings (SSSR count). The van der Waals surface area contributed by atoms with Crippen LogP contribution in [0.2, 0.25) is 20.1 Å². The van der Waals surface area contributed by atoms with Gasteiger partial charge in [-0.1, -0.05) is 103 Å². The zero-order valence-electron chi connectivity index (χ0n) is 25.4. The van der Waals surface area contributed by atoms with Crippen molar-refractivity contribution in [3.05, 3.63) is 67.6 Å². The third-order valence-electron chi connectivity index (χ3n) is 11.2. The van der Waals surface area contributed by atoms with Gasteiger partial charge in [-0.3, -0.25) is 4.90 Å². The molecule has 4 aliphatic carbocycles. The van der Waals surface area contributed by atoms with Gasteiger partial charge in [-0.2, -0.15) is 0 Å². The van der Waals surface area contributed by atoms with Gasteiger partial charge in [0.1, 0.15) is 0 Å². The Labute approximate surface area is 281 Å². The molecule has 4 aliphatic rings. The van der Waals surface area contributed by atoms with E-state index >= 15 is 0 Å². The maximum Gasteiger partial charge on any atom is 0.0595 e. The summed E-state index contributed by atoms with van der Waals surface area (Å²) in [6, 6.07) is 13.8. The predicted octanol–water partition coefficient (Wildman–Crippen LogP) is 11.6. The molecule has 0 radical (unpaired) electrons. The van der Waals surface area contributed by atoms with E-state index in [9.17, 15) is 0 Å². The van der Waals surface area contributed by atoms with Crippen molar-refractivity contribution in [2.24, 2.45) is 5.92 Å². The van der Waals surface area contributed by atoms with Crippen LogP contribution in [0.4, 0.5) is 0 Å². The van der Waals surface area contributed by atoms with Crippen molar-refractivity contribution < 1.29 is 0 Å². The van der Waals surface area contributed by atoms with Crippen molar-refractivity contribution in [2.45, 2.75) is 126 Å². The summed E-state index contributed by atoms with van der Waals surface area (Å²) in [7, 11) is 4.45. The smallest absolute Gasteiger partial charge is 0.0595 e. The summed E-state index contributed by atoms with van der Waals surface area (Å²) in [6.07, 6.45) is 21.5. The minimum Gasteiger partial charge on any atom is -0.316 e. The molecule has 2 aromatic rings. The van der Waals surface area contributed by atoms with Crippen molar-refractivity contribution in [1.82, 2.24) is 10.2 Å². The highest BCUT2D eigenvalue weighted by Gasteiger charge is 2.48. The van der Waals surface area contributed by atoms with Gasteiger partial charge in [0.15, 0.2) is 0 Å². The maximum atomic E-state index is 6.28. The Morgan fingerprint density at radius 3 is 1.62 bits per heavy atom. The van der Waals surface area contributed by atoms with Crippen LogP contribution in [0.5, 0.6) is 0 Å². The van der Waals surface area contributed by atoms with Gasteiger partial charge in [0.2, 0.25) is 0 Å². The second-order valence-electron chi connectivity index (χ2n) is 13.2. The Bertz CT molecular complexity index is 1150. The number of hydrogen-bond donors (Lipinski definition) is 1. The van der Waals surface area contributed by atoms with Gasteiger partial charge >= 0.3 is 0 Å². The third-order valence-corrected chi connectivity index (χ3v) is 12.7. The molecular formula is C35H49Cl5N2. The molecular weight excluding hydrogens is 626 g/mol. The molecule has 1 atom stereocenters. The number of nitrogens with zero attached hydrogens (tertiary/aromatic N) is 1. The lowest BCUT2D eigenvalue weighted by molar-refractivity contribution is -0.0115. The molecule has 2 aromatic carbocycles. The summed E-state index contributed by atoms with van der Waals surface area (Å²) in [6.45, 7) is 0. The monoisotopic (exact) mass is 672 g/mol. The third kappa shape index (κ3) is 7.11. The van der Waals surface area contributed by atoms with Crippen LogP contribution in [-0.2, 0) is 11.0 Å². The van der Waals surface area contributed by atoms with Crippen LogP contribution in [0.25, 0.3) is 0 Å². The Morgan fingerprint density at radius 1 is 0.667 bits per heavy atom. The van der Waals surface area contributed by atoms with Gasteiger partial charge in [0.05, 0.1) is 20.1 Å². The molecule has 2 nitrogen and oxygen atoms in total. The van der Waals surface area contributed by atoms with E-state index in [4.69, 9.17) is 46.4 Å². The minimum absolute atomic E-state index is 0. The van der Waals surface area contributed by atoms with Gasteiger partial charge in [-0.05, 0) is 113 Å². The summed E-state index contributed by atoms with van der Waals surface area (Å²) >= 11 is 24.7. The highest BCUT2D eigenvalue weighted by Crippen LogP contribution is 2.51. The first-order valence-corrected chi connectivity index (χ1v) is 17.6. The molecule has 0 aromatic heterocycles. The zero-order chi connectivity index (χ0) is 29.0. The van der Waals surface area contributed by atoms with E-state index < -0.39 is 0 Å². The van der Waals surface area contributed by atoms with Crippen LogP contribution in [0.15, 0.2) is 36.4 Å². The highest BCUT2D eigenvalue weighted by atomic mass is 35.5. The van der Waals surface area contributed by atoms with E-state index in [2.05, 4.69) is 48.6 Å². The van der Waals surface area contributed by atoms with Gasteiger partial charge < -0.3 is 5.32 Å². The van der Waals surface area contributed by atoms with Crippen LogP contribution in [0.3, 0.4) is 0 Å². The van der Waals surface area contributed by atoms with Gasteiger partial charge in [-0.25, -0.2) is 0 Å². The van der Waals surface area contributed by atoms with Crippen molar-refractivity contribution in [2.75, 3.05) is 14.1 Å². The largest absolute Gasteiger partial charge is 0.316 e. The molecule has 4 fully saturated rings. The minimum atomic E-state index is 0. The fraction of sp³-hybridized carbons (Fsp3) is 0.657. The molecule has 0 saturated heterocycles. The van der Waals surface area contributed by atoms with E-state index in [1.165, 1.54) is 114 Å². The number of benzene rings is 2. The first-order chi connectivity index (χ1) is 19.8.